The zero-order chi connectivity index (χ0) is 14.0. The third-order valence-electron chi connectivity index (χ3n) is 2.74. The fourth-order valence-electron chi connectivity index (χ4n) is 1.79. The number of aromatic amines is 1. The Morgan fingerprint density at radius 3 is 2.47 bits per heavy atom. The molecule has 6 heteroatoms. The number of rotatable bonds is 4. The van der Waals surface area contributed by atoms with E-state index in [1.165, 1.54) is 7.11 Å². The number of methoxy groups -OCH3 is 2. The molecule has 2 rings (SSSR count). The second-order valence-electron chi connectivity index (χ2n) is 3.93. The van der Waals surface area contributed by atoms with Gasteiger partial charge in [0.25, 0.3) is 0 Å². The van der Waals surface area contributed by atoms with Crippen LogP contribution in [0.3, 0.4) is 0 Å². The van der Waals surface area contributed by atoms with Crippen molar-refractivity contribution in [2.24, 2.45) is 0 Å². The maximum Gasteiger partial charge on any atom is 0.356 e. The fourth-order valence-corrected chi connectivity index (χ4v) is 1.79. The number of nitrogens with one attached hydrogen (secondary N) is 1. The molecule has 0 radical (unpaired) electrons. The van der Waals surface area contributed by atoms with Crippen LogP contribution in [-0.4, -0.2) is 35.3 Å². The fraction of sp³-hybridized carbons (Fsp3) is 0.231. The Morgan fingerprint density at radius 1 is 1.26 bits per heavy atom. The van der Waals surface area contributed by atoms with Gasteiger partial charge in [0.2, 0.25) is 0 Å². The number of carboxylic acid groups (broad SMARTS) is 1. The number of H-pyrrole nitrogens is 1. The number of carboxylic acids is 1. The highest BCUT2D eigenvalue weighted by molar-refractivity contribution is 5.87. The van der Waals surface area contributed by atoms with Crippen molar-refractivity contribution in [3.63, 3.8) is 0 Å². The second-order valence-corrected chi connectivity index (χ2v) is 3.93. The topological polar surface area (TPSA) is 84.4 Å². The Kier molecular flexibility index (Phi) is 3.41. The van der Waals surface area contributed by atoms with Crippen LogP contribution in [0, 0.1) is 6.92 Å². The van der Waals surface area contributed by atoms with Crippen molar-refractivity contribution in [1.29, 1.82) is 0 Å². The molecule has 2 N–H and O–H groups in total. The first-order valence-corrected chi connectivity index (χ1v) is 5.59. The summed E-state index contributed by atoms with van der Waals surface area (Å²) in [6.07, 6.45) is 0. The van der Waals surface area contributed by atoms with Gasteiger partial charge >= 0.3 is 5.97 Å². The number of aryl methyl sites for hydroxylation is 1. The number of nitrogens with zero attached hydrogens (tertiary/aromatic N) is 1. The van der Waals surface area contributed by atoms with Crippen LogP contribution in [0.4, 0.5) is 0 Å². The van der Waals surface area contributed by atoms with Gasteiger partial charge in [0.1, 0.15) is 5.82 Å². The van der Waals surface area contributed by atoms with E-state index in [0.717, 1.165) is 5.56 Å². The summed E-state index contributed by atoms with van der Waals surface area (Å²) in [5.74, 6) is 0.593. The number of aromatic carboxylic acids is 1. The highest BCUT2D eigenvalue weighted by Gasteiger charge is 2.15. The van der Waals surface area contributed by atoms with Gasteiger partial charge in [0.15, 0.2) is 17.2 Å². The molecule has 0 aliphatic heterocycles. The number of ether oxygens (including phenoxy) is 2. The molecule has 0 bridgehead atoms. The van der Waals surface area contributed by atoms with E-state index in [-0.39, 0.29) is 5.69 Å². The van der Waals surface area contributed by atoms with Crippen molar-refractivity contribution in [2.75, 3.05) is 14.2 Å². The van der Waals surface area contributed by atoms with Crippen LogP contribution in [0.15, 0.2) is 18.2 Å². The van der Waals surface area contributed by atoms with Gasteiger partial charge in [-0.15, -0.1) is 0 Å². The molecule has 0 atom stereocenters. The number of benzene rings is 1. The van der Waals surface area contributed by atoms with Gasteiger partial charge in [0, 0.05) is 11.3 Å². The minimum atomic E-state index is -1.06. The lowest BCUT2D eigenvalue weighted by Crippen LogP contribution is -1.98. The molecule has 1 heterocycles. The molecule has 100 valence electrons. The van der Waals surface area contributed by atoms with E-state index in [0.29, 0.717) is 23.0 Å². The first kappa shape index (κ1) is 12.9. The molecule has 0 amide bonds. The number of carbonyl (C=O) groups is 1. The summed E-state index contributed by atoms with van der Waals surface area (Å²) in [6.45, 7) is 1.67. The maximum atomic E-state index is 11.0. The predicted molar refractivity (Wildman–Crippen MR) is 68.8 cm³/mol. The SMILES string of the molecule is COc1ccc(-c2nc(C(=O)O)c(C)[nH]2)cc1OC. The van der Waals surface area contributed by atoms with Gasteiger partial charge in [-0.25, -0.2) is 9.78 Å². The van der Waals surface area contributed by atoms with Gasteiger partial charge in [0.05, 0.1) is 14.2 Å². The molecule has 0 saturated heterocycles. The third kappa shape index (κ3) is 2.37. The molecule has 1 aromatic carbocycles. The molecule has 0 fully saturated rings. The van der Waals surface area contributed by atoms with E-state index in [1.54, 1.807) is 32.2 Å². The highest BCUT2D eigenvalue weighted by Crippen LogP contribution is 2.31. The molecule has 0 unspecified atom stereocenters. The zero-order valence-corrected chi connectivity index (χ0v) is 10.9. The normalized spacial score (nSPS) is 10.3. The van der Waals surface area contributed by atoms with Gasteiger partial charge in [-0.3, -0.25) is 0 Å². The monoisotopic (exact) mass is 262 g/mol. The van der Waals surface area contributed by atoms with E-state index < -0.39 is 5.97 Å². The Balaban J connectivity index is 2.47. The lowest BCUT2D eigenvalue weighted by molar-refractivity contribution is 0.0690. The molecular formula is C13H14N2O4. The van der Waals surface area contributed by atoms with Crippen LogP contribution in [-0.2, 0) is 0 Å². The minimum Gasteiger partial charge on any atom is -0.493 e. The van der Waals surface area contributed by atoms with Crippen LogP contribution >= 0.6 is 0 Å². The van der Waals surface area contributed by atoms with E-state index in [4.69, 9.17) is 14.6 Å². The average Bonchev–Trinajstić information content (AvgIpc) is 2.80. The first-order chi connectivity index (χ1) is 9.06. The summed E-state index contributed by atoms with van der Waals surface area (Å²) in [7, 11) is 3.09. The molecule has 6 nitrogen and oxygen atoms in total. The molecule has 0 aliphatic rings. The van der Waals surface area contributed by atoms with Crippen LogP contribution in [0.25, 0.3) is 11.4 Å². The Labute approximate surface area is 110 Å². The molecular weight excluding hydrogens is 248 g/mol. The summed E-state index contributed by atoms with van der Waals surface area (Å²) in [4.78, 5) is 18.0. The third-order valence-corrected chi connectivity index (χ3v) is 2.74. The van der Waals surface area contributed by atoms with E-state index in [9.17, 15) is 4.79 Å². The molecule has 2 aromatic rings. The molecule has 0 aliphatic carbocycles. The van der Waals surface area contributed by atoms with E-state index in [1.807, 2.05) is 0 Å². The standard InChI is InChI=1S/C13H14N2O4/c1-7-11(13(16)17)15-12(14-7)8-4-5-9(18-2)10(6-8)19-3/h4-6H,1-3H3,(H,14,15)(H,16,17). The van der Waals surface area contributed by atoms with Crippen molar-refractivity contribution in [2.45, 2.75) is 6.92 Å². The van der Waals surface area contributed by atoms with Crippen molar-refractivity contribution in [1.82, 2.24) is 9.97 Å². The number of imidazole rings is 1. The van der Waals surface area contributed by atoms with Crippen molar-refractivity contribution >= 4 is 5.97 Å². The van der Waals surface area contributed by atoms with Gasteiger partial charge in [-0.2, -0.15) is 0 Å². The molecule has 1 aromatic heterocycles. The van der Waals surface area contributed by atoms with Crippen molar-refractivity contribution < 1.29 is 19.4 Å². The van der Waals surface area contributed by atoms with Gasteiger partial charge in [-0.1, -0.05) is 0 Å². The largest absolute Gasteiger partial charge is 0.493 e. The zero-order valence-electron chi connectivity index (χ0n) is 10.9. The van der Waals surface area contributed by atoms with E-state index in [2.05, 4.69) is 9.97 Å². The quantitative estimate of drug-likeness (QED) is 0.881. The summed E-state index contributed by atoms with van der Waals surface area (Å²) in [5.41, 5.74) is 1.26. The number of hydrogen-bond donors (Lipinski definition) is 2. The smallest absolute Gasteiger partial charge is 0.356 e. The van der Waals surface area contributed by atoms with Gasteiger partial charge < -0.3 is 19.6 Å². The Bertz CT molecular complexity index is 619. The van der Waals surface area contributed by atoms with E-state index >= 15 is 0 Å². The summed E-state index contributed by atoms with van der Waals surface area (Å²) >= 11 is 0. The average molecular weight is 262 g/mol. The highest BCUT2D eigenvalue weighted by atomic mass is 16.5. The van der Waals surface area contributed by atoms with Crippen LogP contribution in [0.1, 0.15) is 16.2 Å². The second kappa shape index (κ2) is 5.01. The summed E-state index contributed by atoms with van der Waals surface area (Å²) < 4.78 is 10.3. The van der Waals surface area contributed by atoms with Crippen molar-refractivity contribution in [3.05, 3.63) is 29.6 Å². The maximum absolute atomic E-state index is 11.0. The van der Waals surface area contributed by atoms with Crippen LogP contribution in [0.2, 0.25) is 0 Å². The summed E-state index contributed by atoms with van der Waals surface area (Å²) in [5, 5.41) is 8.98. The van der Waals surface area contributed by atoms with Gasteiger partial charge in [-0.05, 0) is 25.1 Å². The van der Waals surface area contributed by atoms with Crippen molar-refractivity contribution in [3.8, 4) is 22.9 Å². The van der Waals surface area contributed by atoms with Crippen LogP contribution < -0.4 is 9.47 Å². The number of hydrogen-bond acceptors (Lipinski definition) is 4. The summed E-state index contributed by atoms with van der Waals surface area (Å²) in [6, 6.07) is 5.26. The van der Waals surface area contributed by atoms with Crippen LogP contribution in [0.5, 0.6) is 11.5 Å². The molecule has 0 spiro atoms. The lowest BCUT2D eigenvalue weighted by Gasteiger charge is -2.08. The Hall–Kier alpha value is -2.50. The minimum absolute atomic E-state index is 0.0183. The lowest BCUT2D eigenvalue weighted by atomic mass is 10.2. The first-order valence-electron chi connectivity index (χ1n) is 5.59. The molecule has 19 heavy (non-hydrogen) atoms. The predicted octanol–water partition coefficient (Wildman–Crippen LogP) is 2.10. The molecule has 0 saturated carbocycles. The number of aromatic nitrogens is 2. The Morgan fingerprint density at radius 2 is 1.95 bits per heavy atom.